The molecule has 0 atom stereocenters. The van der Waals surface area contributed by atoms with Crippen molar-refractivity contribution in [1.29, 1.82) is 0 Å². The van der Waals surface area contributed by atoms with E-state index in [4.69, 9.17) is 4.74 Å². The number of carbonyl (C=O) groups is 5. The third kappa shape index (κ3) is 3.11. The lowest BCUT2D eigenvalue weighted by atomic mass is 9.97. The van der Waals surface area contributed by atoms with Crippen molar-refractivity contribution >= 4 is 35.3 Å². The Morgan fingerprint density at radius 3 is 1.88 bits per heavy atom. The molecule has 0 N–H and O–H groups in total. The number of amides is 4. The molecular formula is C25H16N2O6. The van der Waals surface area contributed by atoms with Crippen LogP contribution < -0.4 is 9.64 Å². The monoisotopic (exact) mass is 440 g/mol. The summed E-state index contributed by atoms with van der Waals surface area (Å²) in [7, 11) is 1.43. The number of rotatable bonds is 3. The highest BCUT2D eigenvalue weighted by molar-refractivity contribution is 6.34. The molecule has 2 aliphatic heterocycles. The second-order valence-corrected chi connectivity index (χ2v) is 7.73. The SMILES string of the molecule is CC(=O)Oc1cccc(N2C(=O)c3ccc(-c4ccc5c(c4)C(=O)N(C)C5=O)cc3C2=O)c1. The maximum absolute atomic E-state index is 13.1. The Hall–Kier alpha value is -4.59. The van der Waals surface area contributed by atoms with Gasteiger partial charge in [-0.3, -0.25) is 28.9 Å². The summed E-state index contributed by atoms with van der Waals surface area (Å²) in [5, 5.41) is 0. The summed E-state index contributed by atoms with van der Waals surface area (Å²) in [6.45, 7) is 1.26. The number of carbonyl (C=O) groups excluding carboxylic acids is 5. The minimum atomic E-state index is -0.514. The number of ether oxygens (including phenoxy) is 1. The summed E-state index contributed by atoms with van der Waals surface area (Å²) >= 11 is 0. The van der Waals surface area contributed by atoms with Gasteiger partial charge in [-0.1, -0.05) is 18.2 Å². The highest BCUT2D eigenvalue weighted by Crippen LogP contribution is 2.34. The topological polar surface area (TPSA) is 101 Å². The standard InChI is InChI=1S/C25H16N2O6/c1-13(28)33-17-5-3-4-16(12-17)27-24(31)19-9-7-15(11-21(19)25(27)32)14-6-8-18-20(10-14)23(30)26(2)22(18)29/h3-12H,1-2H3. The zero-order valence-corrected chi connectivity index (χ0v) is 17.6. The molecule has 0 fully saturated rings. The van der Waals surface area contributed by atoms with Crippen LogP contribution in [0.4, 0.5) is 5.69 Å². The van der Waals surface area contributed by atoms with E-state index in [1.807, 2.05) is 0 Å². The zero-order valence-electron chi connectivity index (χ0n) is 17.6. The fourth-order valence-corrected chi connectivity index (χ4v) is 4.05. The Bertz CT molecular complexity index is 1420. The van der Waals surface area contributed by atoms with Crippen LogP contribution in [0.1, 0.15) is 48.4 Å². The molecule has 8 nitrogen and oxygen atoms in total. The molecule has 0 spiro atoms. The van der Waals surface area contributed by atoms with E-state index < -0.39 is 17.8 Å². The Kier molecular flexibility index (Phi) is 4.45. The van der Waals surface area contributed by atoms with E-state index >= 15 is 0 Å². The molecule has 4 amide bonds. The van der Waals surface area contributed by atoms with Gasteiger partial charge in [0.05, 0.1) is 27.9 Å². The van der Waals surface area contributed by atoms with Crippen LogP contribution in [0.2, 0.25) is 0 Å². The third-order valence-corrected chi connectivity index (χ3v) is 5.65. The van der Waals surface area contributed by atoms with Crippen LogP contribution >= 0.6 is 0 Å². The third-order valence-electron chi connectivity index (χ3n) is 5.65. The molecule has 2 aliphatic rings. The average molecular weight is 440 g/mol. The Labute approximate surface area is 188 Å². The van der Waals surface area contributed by atoms with Gasteiger partial charge < -0.3 is 4.74 Å². The molecule has 0 aromatic heterocycles. The van der Waals surface area contributed by atoms with Crippen LogP contribution in [-0.2, 0) is 4.79 Å². The number of fused-ring (bicyclic) bond motifs is 2. The summed E-state index contributed by atoms with van der Waals surface area (Å²) < 4.78 is 5.06. The highest BCUT2D eigenvalue weighted by Gasteiger charge is 2.37. The fourth-order valence-electron chi connectivity index (χ4n) is 4.05. The van der Waals surface area contributed by atoms with Gasteiger partial charge >= 0.3 is 5.97 Å². The largest absolute Gasteiger partial charge is 0.427 e. The lowest BCUT2D eigenvalue weighted by Crippen LogP contribution is -2.29. The van der Waals surface area contributed by atoms with Gasteiger partial charge in [0.1, 0.15) is 5.75 Å². The quantitative estimate of drug-likeness (QED) is 0.352. The number of nitrogens with zero attached hydrogens (tertiary/aromatic N) is 2. The minimum absolute atomic E-state index is 0.218. The number of esters is 1. The lowest BCUT2D eigenvalue weighted by molar-refractivity contribution is -0.131. The Balaban J connectivity index is 1.51. The van der Waals surface area contributed by atoms with Crippen LogP contribution in [0, 0.1) is 0 Å². The molecule has 0 aliphatic carbocycles. The molecule has 0 saturated carbocycles. The van der Waals surface area contributed by atoms with Gasteiger partial charge in [-0.2, -0.15) is 0 Å². The number of imide groups is 2. The van der Waals surface area contributed by atoms with E-state index in [9.17, 15) is 24.0 Å². The van der Waals surface area contributed by atoms with Gasteiger partial charge in [-0.25, -0.2) is 4.90 Å². The second-order valence-electron chi connectivity index (χ2n) is 7.73. The van der Waals surface area contributed by atoms with Crippen LogP contribution in [0.5, 0.6) is 5.75 Å². The first-order valence-corrected chi connectivity index (χ1v) is 10.0. The summed E-state index contributed by atoms with van der Waals surface area (Å²) in [6, 6.07) is 15.9. The van der Waals surface area contributed by atoms with Crippen LogP contribution in [0.15, 0.2) is 60.7 Å². The molecule has 2 heterocycles. The second kappa shape index (κ2) is 7.23. The van der Waals surface area contributed by atoms with Gasteiger partial charge in [-0.15, -0.1) is 0 Å². The van der Waals surface area contributed by atoms with E-state index in [0.717, 1.165) is 9.80 Å². The van der Waals surface area contributed by atoms with Crippen molar-refractivity contribution in [2.24, 2.45) is 0 Å². The molecule has 8 heteroatoms. The van der Waals surface area contributed by atoms with E-state index in [0.29, 0.717) is 22.3 Å². The van der Waals surface area contributed by atoms with Crippen molar-refractivity contribution in [3.05, 3.63) is 82.9 Å². The summed E-state index contributed by atoms with van der Waals surface area (Å²) in [5.41, 5.74) is 2.64. The van der Waals surface area contributed by atoms with Crippen molar-refractivity contribution in [2.75, 3.05) is 11.9 Å². The van der Waals surface area contributed by atoms with E-state index in [1.54, 1.807) is 54.6 Å². The van der Waals surface area contributed by atoms with Gasteiger partial charge in [0, 0.05) is 20.0 Å². The maximum atomic E-state index is 13.1. The first-order chi connectivity index (χ1) is 15.8. The van der Waals surface area contributed by atoms with Crippen molar-refractivity contribution in [3.8, 4) is 16.9 Å². The first-order valence-electron chi connectivity index (χ1n) is 10.0. The van der Waals surface area contributed by atoms with Gasteiger partial charge in [0.2, 0.25) is 0 Å². The fraction of sp³-hybridized carbons (Fsp3) is 0.0800. The molecule has 0 bridgehead atoms. The minimum Gasteiger partial charge on any atom is -0.427 e. The molecule has 3 aromatic carbocycles. The van der Waals surface area contributed by atoms with E-state index in [1.165, 1.54) is 20.0 Å². The summed E-state index contributed by atoms with van der Waals surface area (Å²) in [4.78, 5) is 63.9. The molecule has 0 unspecified atom stereocenters. The number of hydrogen-bond donors (Lipinski definition) is 0. The van der Waals surface area contributed by atoms with Crippen molar-refractivity contribution in [3.63, 3.8) is 0 Å². The zero-order chi connectivity index (χ0) is 23.4. The van der Waals surface area contributed by atoms with E-state index in [2.05, 4.69) is 0 Å². The van der Waals surface area contributed by atoms with Gasteiger partial charge in [0.15, 0.2) is 0 Å². The average Bonchev–Trinajstić information content (AvgIpc) is 3.18. The number of hydrogen-bond acceptors (Lipinski definition) is 6. The number of anilines is 1. The van der Waals surface area contributed by atoms with Crippen LogP contribution in [0.3, 0.4) is 0 Å². The van der Waals surface area contributed by atoms with Crippen LogP contribution in [-0.4, -0.2) is 41.5 Å². The molecule has 33 heavy (non-hydrogen) atoms. The smallest absolute Gasteiger partial charge is 0.308 e. The van der Waals surface area contributed by atoms with Crippen molar-refractivity contribution < 1.29 is 28.7 Å². The normalized spacial score (nSPS) is 14.6. The highest BCUT2D eigenvalue weighted by atomic mass is 16.5. The predicted molar refractivity (Wildman–Crippen MR) is 117 cm³/mol. The van der Waals surface area contributed by atoms with Crippen molar-refractivity contribution in [1.82, 2.24) is 4.90 Å². The molecule has 0 saturated heterocycles. The predicted octanol–water partition coefficient (Wildman–Crippen LogP) is 3.31. The van der Waals surface area contributed by atoms with Gasteiger partial charge in [0.25, 0.3) is 23.6 Å². The molecule has 3 aromatic rings. The van der Waals surface area contributed by atoms with Crippen LogP contribution in [0.25, 0.3) is 11.1 Å². The maximum Gasteiger partial charge on any atom is 0.308 e. The lowest BCUT2D eigenvalue weighted by Gasteiger charge is -2.14. The van der Waals surface area contributed by atoms with E-state index in [-0.39, 0.29) is 34.4 Å². The first kappa shape index (κ1) is 20.3. The Morgan fingerprint density at radius 2 is 1.24 bits per heavy atom. The summed E-state index contributed by atoms with van der Waals surface area (Å²) in [5.74, 6) is -2.03. The van der Waals surface area contributed by atoms with Crippen molar-refractivity contribution in [2.45, 2.75) is 6.92 Å². The molecule has 5 rings (SSSR count). The van der Waals surface area contributed by atoms with Gasteiger partial charge in [-0.05, 0) is 47.5 Å². The molecular weight excluding hydrogens is 424 g/mol. The molecule has 0 radical (unpaired) electrons. The Morgan fingerprint density at radius 1 is 0.697 bits per heavy atom. The number of benzene rings is 3. The molecule has 162 valence electrons. The summed E-state index contributed by atoms with van der Waals surface area (Å²) in [6.07, 6.45) is 0.